The van der Waals surface area contributed by atoms with Crippen molar-refractivity contribution >= 4 is 11.6 Å². The van der Waals surface area contributed by atoms with Crippen LogP contribution in [0.15, 0.2) is 18.2 Å². The van der Waals surface area contributed by atoms with Gasteiger partial charge in [-0.3, -0.25) is 4.79 Å². The smallest absolute Gasteiger partial charge is 0.242 e. The summed E-state index contributed by atoms with van der Waals surface area (Å²) >= 11 is 0. The minimum atomic E-state index is -0.679. The van der Waals surface area contributed by atoms with Crippen molar-refractivity contribution in [2.24, 2.45) is 5.73 Å². The molecule has 0 aromatic heterocycles. The summed E-state index contributed by atoms with van der Waals surface area (Å²) in [5.74, 6) is -1.10. The van der Waals surface area contributed by atoms with Crippen LogP contribution in [0.5, 0.6) is 0 Å². The van der Waals surface area contributed by atoms with E-state index in [2.05, 4.69) is 0 Å². The lowest BCUT2D eigenvalue weighted by molar-refractivity contribution is -0.121. The van der Waals surface area contributed by atoms with Gasteiger partial charge in [-0.2, -0.15) is 5.26 Å². The third-order valence-corrected chi connectivity index (χ3v) is 2.84. The molecule has 0 spiro atoms. The number of benzene rings is 1. The molecular formula is C12H12FN3O2. The first-order valence-electron chi connectivity index (χ1n) is 5.47. The highest BCUT2D eigenvalue weighted by Crippen LogP contribution is 2.24. The van der Waals surface area contributed by atoms with E-state index in [1.54, 1.807) is 4.90 Å². The molecule has 0 radical (unpaired) electrons. The number of amides is 1. The van der Waals surface area contributed by atoms with E-state index in [1.165, 1.54) is 12.1 Å². The summed E-state index contributed by atoms with van der Waals surface area (Å²) in [7, 11) is 0. The summed E-state index contributed by atoms with van der Waals surface area (Å²) in [5.41, 5.74) is 5.77. The van der Waals surface area contributed by atoms with Gasteiger partial charge in [0, 0.05) is 6.54 Å². The number of rotatable bonds is 2. The number of hydrogen-bond acceptors (Lipinski definition) is 4. The molecule has 5 nitrogen and oxygen atoms in total. The van der Waals surface area contributed by atoms with Gasteiger partial charge in [-0.05, 0) is 18.2 Å². The topological polar surface area (TPSA) is 79.3 Å². The molecule has 1 unspecified atom stereocenters. The standard InChI is InChI=1S/C12H12FN3O2/c13-9-5-8(6-14)1-2-10(9)16-3-4-18-7-11(16)12(15)17/h1-2,5,11H,3-4,7H2,(H2,15,17). The van der Waals surface area contributed by atoms with E-state index in [9.17, 15) is 9.18 Å². The molecule has 0 saturated carbocycles. The molecule has 1 heterocycles. The lowest BCUT2D eigenvalue weighted by Gasteiger charge is -2.35. The van der Waals surface area contributed by atoms with Crippen molar-refractivity contribution in [3.8, 4) is 6.07 Å². The lowest BCUT2D eigenvalue weighted by atomic mass is 10.1. The van der Waals surface area contributed by atoms with Gasteiger partial charge in [0.25, 0.3) is 0 Å². The molecule has 2 rings (SSSR count). The summed E-state index contributed by atoms with van der Waals surface area (Å²) < 4.78 is 19.0. The number of primary amides is 1. The predicted octanol–water partition coefficient (Wildman–Crippen LogP) is 0.388. The number of anilines is 1. The van der Waals surface area contributed by atoms with Crippen molar-refractivity contribution in [2.75, 3.05) is 24.7 Å². The van der Waals surface area contributed by atoms with Gasteiger partial charge in [0.15, 0.2) is 0 Å². The van der Waals surface area contributed by atoms with Crippen LogP contribution in [0.2, 0.25) is 0 Å². The molecular weight excluding hydrogens is 237 g/mol. The number of nitrogens with zero attached hydrogens (tertiary/aromatic N) is 2. The number of ether oxygens (including phenoxy) is 1. The Morgan fingerprint density at radius 1 is 1.61 bits per heavy atom. The number of carbonyl (C=O) groups excluding carboxylic acids is 1. The third-order valence-electron chi connectivity index (χ3n) is 2.84. The maximum atomic E-state index is 13.9. The second kappa shape index (κ2) is 5.02. The van der Waals surface area contributed by atoms with Crippen molar-refractivity contribution in [1.82, 2.24) is 0 Å². The molecule has 1 amide bonds. The van der Waals surface area contributed by atoms with Crippen LogP contribution in [0.3, 0.4) is 0 Å². The molecule has 1 aliphatic rings. The van der Waals surface area contributed by atoms with Gasteiger partial charge in [0.2, 0.25) is 5.91 Å². The Hall–Kier alpha value is -2.13. The highest BCUT2D eigenvalue weighted by molar-refractivity contribution is 5.84. The molecule has 1 aromatic carbocycles. The van der Waals surface area contributed by atoms with Gasteiger partial charge < -0.3 is 15.4 Å². The van der Waals surface area contributed by atoms with Crippen molar-refractivity contribution in [3.05, 3.63) is 29.6 Å². The van der Waals surface area contributed by atoms with E-state index in [4.69, 9.17) is 15.7 Å². The molecule has 1 atom stereocenters. The quantitative estimate of drug-likeness (QED) is 0.822. The van der Waals surface area contributed by atoms with Crippen molar-refractivity contribution < 1.29 is 13.9 Å². The molecule has 0 aliphatic carbocycles. The second-order valence-electron chi connectivity index (χ2n) is 3.96. The van der Waals surface area contributed by atoms with E-state index >= 15 is 0 Å². The van der Waals surface area contributed by atoms with Crippen LogP contribution < -0.4 is 10.6 Å². The van der Waals surface area contributed by atoms with Crippen molar-refractivity contribution in [2.45, 2.75) is 6.04 Å². The summed E-state index contributed by atoms with van der Waals surface area (Å²) in [6.45, 7) is 0.939. The van der Waals surface area contributed by atoms with Gasteiger partial charge in [0.05, 0.1) is 30.5 Å². The molecule has 1 aliphatic heterocycles. The maximum absolute atomic E-state index is 13.9. The third kappa shape index (κ3) is 2.26. The first-order chi connectivity index (χ1) is 8.63. The average Bonchev–Trinajstić information content (AvgIpc) is 2.38. The fraction of sp³-hybridized carbons (Fsp3) is 0.333. The van der Waals surface area contributed by atoms with E-state index in [0.717, 1.165) is 6.07 Å². The van der Waals surface area contributed by atoms with E-state index < -0.39 is 17.8 Å². The largest absolute Gasteiger partial charge is 0.377 e. The second-order valence-corrected chi connectivity index (χ2v) is 3.96. The highest BCUT2D eigenvalue weighted by Gasteiger charge is 2.29. The summed E-state index contributed by atoms with van der Waals surface area (Å²) in [4.78, 5) is 12.9. The normalized spacial score (nSPS) is 19.3. The summed E-state index contributed by atoms with van der Waals surface area (Å²) in [5, 5.41) is 8.68. The van der Waals surface area contributed by atoms with Crippen molar-refractivity contribution in [1.29, 1.82) is 5.26 Å². The number of carbonyl (C=O) groups is 1. The Morgan fingerprint density at radius 3 is 3.00 bits per heavy atom. The first-order valence-corrected chi connectivity index (χ1v) is 5.47. The number of halogens is 1. The summed E-state index contributed by atoms with van der Waals surface area (Å²) in [6.07, 6.45) is 0. The Kier molecular flexibility index (Phi) is 3.44. The fourth-order valence-corrected chi connectivity index (χ4v) is 1.94. The maximum Gasteiger partial charge on any atom is 0.242 e. The zero-order valence-corrected chi connectivity index (χ0v) is 9.60. The molecule has 1 fully saturated rings. The Balaban J connectivity index is 2.34. The lowest BCUT2D eigenvalue weighted by Crippen LogP contribution is -2.53. The van der Waals surface area contributed by atoms with Gasteiger partial charge in [-0.25, -0.2) is 4.39 Å². The average molecular weight is 249 g/mol. The zero-order chi connectivity index (χ0) is 13.1. The molecule has 18 heavy (non-hydrogen) atoms. The molecule has 6 heteroatoms. The van der Waals surface area contributed by atoms with Gasteiger partial charge >= 0.3 is 0 Å². The van der Waals surface area contributed by atoms with Crippen LogP contribution in [0.4, 0.5) is 10.1 Å². The minimum Gasteiger partial charge on any atom is -0.377 e. The fourth-order valence-electron chi connectivity index (χ4n) is 1.94. The van der Waals surface area contributed by atoms with Crippen LogP contribution in [-0.2, 0) is 9.53 Å². The van der Waals surface area contributed by atoms with Gasteiger partial charge in [-0.15, -0.1) is 0 Å². The monoisotopic (exact) mass is 249 g/mol. The predicted molar refractivity (Wildman–Crippen MR) is 62.3 cm³/mol. The minimum absolute atomic E-state index is 0.148. The summed E-state index contributed by atoms with van der Waals surface area (Å²) in [6, 6.07) is 5.31. The molecule has 0 bridgehead atoms. The van der Waals surface area contributed by atoms with Crippen LogP contribution in [0, 0.1) is 17.1 Å². The Morgan fingerprint density at radius 2 is 2.39 bits per heavy atom. The zero-order valence-electron chi connectivity index (χ0n) is 9.60. The Bertz CT molecular complexity index is 513. The molecule has 1 aromatic rings. The number of nitriles is 1. The van der Waals surface area contributed by atoms with Crippen LogP contribution in [-0.4, -0.2) is 31.7 Å². The van der Waals surface area contributed by atoms with Gasteiger partial charge in [0.1, 0.15) is 11.9 Å². The van der Waals surface area contributed by atoms with Crippen LogP contribution >= 0.6 is 0 Å². The Labute approximate surface area is 104 Å². The van der Waals surface area contributed by atoms with Gasteiger partial charge in [-0.1, -0.05) is 0 Å². The van der Waals surface area contributed by atoms with Crippen LogP contribution in [0.25, 0.3) is 0 Å². The SMILES string of the molecule is N#Cc1ccc(N2CCOCC2C(N)=O)c(F)c1. The molecule has 1 saturated heterocycles. The first kappa shape index (κ1) is 12.3. The number of hydrogen-bond donors (Lipinski definition) is 1. The molecule has 94 valence electrons. The highest BCUT2D eigenvalue weighted by atomic mass is 19.1. The van der Waals surface area contributed by atoms with E-state index in [1.807, 2.05) is 6.07 Å². The molecule has 2 N–H and O–H groups in total. The number of nitrogens with two attached hydrogens (primary N) is 1. The van der Waals surface area contributed by atoms with Crippen molar-refractivity contribution in [3.63, 3.8) is 0 Å². The van der Waals surface area contributed by atoms with E-state index in [-0.39, 0.29) is 17.9 Å². The number of morpholine rings is 1. The van der Waals surface area contributed by atoms with Crippen LogP contribution in [0.1, 0.15) is 5.56 Å². The van der Waals surface area contributed by atoms with E-state index in [0.29, 0.717) is 13.2 Å².